The van der Waals surface area contributed by atoms with Gasteiger partial charge in [-0.05, 0) is 65.2 Å². The van der Waals surface area contributed by atoms with E-state index in [1.165, 1.54) is 0 Å². The zero-order valence-electron chi connectivity index (χ0n) is 9.88. The normalized spacial score (nSPS) is 30.4. The third-order valence-corrected chi connectivity index (χ3v) is 3.73. The van der Waals surface area contributed by atoms with E-state index in [4.69, 9.17) is 0 Å². The van der Waals surface area contributed by atoms with Crippen LogP contribution in [0, 0.1) is 11.8 Å². The van der Waals surface area contributed by atoms with Gasteiger partial charge in [-0.2, -0.15) is 0 Å². The van der Waals surface area contributed by atoms with Crippen LogP contribution in [0.3, 0.4) is 0 Å². The summed E-state index contributed by atoms with van der Waals surface area (Å²) in [5.41, 5.74) is -1.10. The van der Waals surface area contributed by atoms with E-state index in [0.29, 0.717) is 11.8 Å². The zero-order chi connectivity index (χ0) is 11.0. The van der Waals surface area contributed by atoms with Crippen LogP contribution >= 0.6 is 0 Å². The Kier molecular flexibility index (Phi) is 3.27. The van der Waals surface area contributed by atoms with Crippen LogP contribution < -0.4 is 0 Å². The lowest BCUT2D eigenvalue weighted by molar-refractivity contribution is -0.0448. The second-order valence-electron chi connectivity index (χ2n) is 5.86. The lowest BCUT2D eigenvalue weighted by Gasteiger charge is -2.39. The lowest BCUT2D eigenvalue weighted by atomic mass is 9.70. The molecular formula is C12H24O2. The van der Waals surface area contributed by atoms with Gasteiger partial charge in [-0.3, -0.25) is 0 Å². The lowest BCUT2D eigenvalue weighted by Crippen LogP contribution is -2.39. The van der Waals surface area contributed by atoms with Gasteiger partial charge in [0.2, 0.25) is 0 Å². The quantitative estimate of drug-likeness (QED) is 0.718. The van der Waals surface area contributed by atoms with E-state index in [1.54, 1.807) is 0 Å². The molecule has 0 aromatic rings. The summed E-state index contributed by atoms with van der Waals surface area (Å²) in [7, 11) is 0. The SMILES string of the molecule is CC(C)(O)C1CCC(C(C)(C)O)CC1. The van der Waals surface area contributed by atoms with Gasteiger partial charge in [0.15, 0.2) is 0 Å². The van der Waals surface area contributed by atoms with Crippen molar-refractivity contribution in [1.82, 2.24) is 0 Å². The average Bonchev–Trinajstić information content (AvgIpc) is 2.01. The predicted molar refractivity (Wildman–Crippen MR) is 58.0 cm³/mol. The Morgan fingerprint density at radius 2 is 0.929 bits per heavy atom. The van der Waals surface area contributed by atoms with Crippen LogP contribution in [-0.2, 0) is 0 Å². The van der Waals surface area contributed by atoms with Crippen molar-refractivity contribution in [2.24, 2.45) is 11.8 Å². The summed E-state index contributed by atoms with van der Waals surface area (Å²) in [6.07, 6.45) is 4.16. The van der Waals surface area contributed by atoms with Crippen molar-refractivity contribution in [3.05, 3.63) is 0 Å². The molecule has 0 aromatic heterocycles. The van der Waals surface area contributed by atoms with Gasteiger partial charge in [0.1, 0.15) is 0 Å². The van der Waals surface area contributed by atoms with Crippen molar-refractivity contribution in [2.75, 3.05) is 0 Å². The molecule has 0 spiro atoms. The Morgan fingerprint density at radius 3 is 1.07 bits per heavy atom. The molecule has 0 radical (unpaired) electrons. The molecule has 1 aliphatic carbocycles. The third-order valence-electron chi connectivity index (χ3n) is 3.73. The van der Waals surface area contributed by atoms with E-state index in [9.17, 15) is 10.2 Å². The Hall–Kier alpha value is -0.0800. The molecule has 0 amide bonds. The molecule has 2 nitrogen and oxygen atoms in total. The molecule has 14 heavy (non-hydrogen) atoms. The van der Waals surface area contributed by atoms with E-state index in [-0.39, 0.29) is 0 Å². The fourth-order valence-electron chi connectivity index (χ4n) is 2.51. The maximum absolute atomic E-state index is 9.87. The van der Waals surface area contributed by atoms with Crippen molar-refractivity contribution in [1.29, 1.82) is 0 Å². The number of hydrogen-bond donors (Lipinski definition) is 2. The van der Waals surface area contributed by atoms with Gasteiger partial charge < -0.3 is 10.2 Å². The van der Waals surface area contributed by atoms with Crippen LogP contribution in [0.4, 0.5) is 0 Å². The predicted octanol–water partition coefficient (Wildman–Crippen LogP) is 2.33. The Bertz CT molecular complexity index is 155. The molecule has 84 valence electrons. The van der Waals surface area contributed by atoms with Crippen LogP contribution in [-0.4, -0.2) is 21.4 Å². The van der Waals surface area contributed by atoms with Gasteiger partial charge in [0.25, 0.3) is 0 Å². The molecule has 2 heteroatoms. The first-order chi connectivity index (χ1) is 6.21. The number of aliphatic hydroxyl groups is 2. The first-order valence-corrected chi connectivity index (χ1v) is 5.66. The maximum atomic E-state index is 9.87. The van der Waals surface area contributed by atoms with E-state index in [0.717, 1.165) is 25.7 Å². The average molecular weight is 200 g/mol. The van der Waals surface area contributed by atoms with Gasteiger partial charge in [-0.25, -0.2) is 0 Å². The molecule has 1 rings (SSSR count). The molecule has 0 heterocycles. The van der Waals surface area contributed by atoms with Gasteiger partial charge in [-0.15, -0.1) is 0 Å². The smallest absolute Gasteiger partial charge is 0.0619 e. The van der Waals surface area contributed by atoms with Crippen LogP contribution in [0.1, 0.15) is 53.4 Å². The van der Waals surface area contributed by atoms with Crippen LogP contribution in [0.25, 0.3) is 0 Å². The summed E-state index contributed by atoms with van der Waals surface area (Å²) in [6.45, 7) is 7.56. The fraction of sp³-hybridized carbons (Fsp3) is 1.00. The van der Waals surface area contributed by atoms with Crippen LogP contribution in [0.2, 0.25) is 0 Å². The molecule has 0 aromatic carbocycles. The minimum Gasteiger partial charge on any atom is -0.390 e. The van der Waals surface area contributed by atoms with Gasteiger partial charge >= 0.3 is 0 Å². The minimum atomic E-state index is -0.551. The molecule has 0 aliphatic heterocycles. The molecule has 1 saturated carbocycles. The molecule has 0 bridgehead atoms. The van der Waals surface area contributed by atoms with E-state index < -0.39 is 11.2 Å². The first kappa shape index (κ1) is 12.0. The molecule has 2 N–H and O–H groups in total. The molecule has 0 atom stereocenters. The van der Waals surface area contributed by atoms with Crippen molar-refractivity contribution in [2.45, 2.75) is 64.6 Å². The highest BCUT2D eigenvalue weighted by atomic mass is 16.3. The Balaban J connectivity index is 2.47. The van der Waals surface area contributed by atoms with Crippen molar-refractivity contribution in [3.8, 4) is 0 Å². The number of rotatable bonds is 2. The minimum absolute atomic E-state index is 0.404. The largest absolute Gasteiger partial charge is 0.390 e. The highest BCUT2D eigenvalue weighted by molar-refractivity contribution is 4.87. The first-order valence-electron chi connectivity index (χ1n) is 5.66. The molecule has 0 unspecified atom stereocenters. The van der Waals surface area contributed by atoms with Crippen molar-refractivity contribution in [3.63, 3.8) is 0 Å². The van der Waals surface area contributed by atoms with Gasteiger partial charge in [0.05, 0.1) is 11.2 Å². The molecule has 0 saturated heterocycles. The molecular weight excluding hydrogens is 176 g/mol. The molecule has 1 fully saturated rings. The Labute approximate surface area is 87.3 Å². The Morgan fingerprint density at radius 1 is 0.714 bits per heavy atom. The monoisotopic (exact) mass is 200 g/mol. The summed E-state index contributed by atoms with van der Waals surface area (Å²) >= 11 is 0. The summed E-state index contributed by atoms with van der Waals surface area (Å²) in [5.74, 6) is 0.808. The zero-order valence-corrected chi connectivity index (χ0v) is 9.88. The van der Waals surface area contributed by atoms with Gasteiger partial charge in [-0.1, -0.05) is 0 Å². The van der Waals surface area contributed by atoms with E-state index in [1.807, 2.05) is 27.7 Å². The molecule has 1 aliphatic rings. The highest BCUT2D eigenvalue weighted by Crippen LogP contribution is 2.39. The second-order valence-corrected chi connectivity index (χ2v) is 5.86. The second kappa shape index (κ2) is 3.82. The van der Waals surface area contributed by atoms with Crippen molar-refractivity contribution >= 4 is 0 Å². The standard InChI is InChI=1S/C12H24O2/c1-11(2,13)9-5-7-10(8-6-9)12(3,4)14/h9-10,13-14H,5-8H2,1-4H3. The maximum Gasteiger partial charge on any atom is 0.0619 e. The van der Waals surface area contributed by atoms with Crippen LogP contribution in [0.15, 0.2) is 0 Å². The van der Waals surface area contributed by atoms with E-state index >= 15 is 0 Å². The van der Waals surface area contributed by atoms with Crippen molar-refractivity contribution < 1.29 is 10.2 Å². The van der Waals surface area contributed by atoms with E-state index in [2.05, 4.69) is 0 Å². The number of hydrogen-bond acceptors (Lipinski definition) is 2. The summed E-state index contributed by atoms with van der Waals surface area (Å²) in [5, 5.41) is 19.7. The summed E-state index contributed by atoms with van der Waals surface area (Å²) in [4.78, 5) is 0. The van der Waals surface area contributed by atoms with Gasteiger partial charge in [0, 0.05) is 0 Å². The highest BCUT2D eigenvalue weighted by Gasteiger charge is 2.36. The summed E-state index contributed by atoms with van der Waals surface area (Å²) < 4.78 is 0. The third kappa shape index (κ3) is 2.96. The fourth-order valence-corrected chi connectivity index (χ4v) is 2.51. The topological polar surface area (TPSA) is 40.5 Å². The summed E-state index contributed by atoms with van der Waals surface area (Å²) in [6, 6.07) is 0. The van der Waals surface area contributed by atoms with Crippen LogP contribution in [0.5, 0.6) is 0 Å².